The maximum atomic E-state index is 12.8. The van der Waals surface area contributed by atoms with E-state index in [1.807, 2.05) is 0 Å². The molecule has 1 aromatic carbocycles. The minimum absolute atomic E-state index is 0.204. The molecule has 0 aliphatic rings. The summed E-state index contributed by atoms with van der Waals surface area (Å²) in [4.78, 5) is 0. The summed E-state index contributed by atoms with van der Waals surface area (Å²) in [6.45, 7) is 8.17. The first-order chi connectivity index (χ1) is 8.61. The van der Waals surface area contributed by atoms with Crippen molar-refractivity contribution in [2.45, 2.75) is 33.9 Å². The van der Waals surface area contributed by atoms with Crippen LogP contribution in [0.3, 0.4) is 0 Å². The van der Waals surface area contributed by atoms with Crippen molar-refractivity contribution in [1.29, 1.82) is 0 Å². The van der Waals surface area contributed by atoms with E-state index in [-0.39, 0.29) is 5.82 Å². The molecule has 18 heavy (non-hydrogen) atoms. The minimum Gasteiger partial charge on any atom is -0.381 e. The number of hydrogen-bond acceptors (Lipinski definition) is 1. The molecule has 0 atom stereocenters. The van der Waals surface area contributed by atoms with Crippen molar-refractivity contribution in [1.82, 2.24) is 4.57 Å². The summed E-state index contributed by atoms with van der Waals surface area (Å²) in [5.41, 5.74) is 4.81. The van der Waals surface area contributed by atoms with E-state index in [1.54, 1.807) is 12.1 Å². The average Bonchev–Trinajstić information content (AvgIpc) is 2.63. The van der Waals surface area contributed by atoms with Crippen LogP contribution in [-0.4, -0.2) is 4.57 Å². The Balaban J connectivity index is 2.08. The number of nitrogens with one attached hydrogen (secondary N) is 1. The zero-order valence-corrected chi connectivity index (χ0v) is 11.1. The molecule has 0 radical (unpaired) electrons. The van der Waals surface area contributed by atoms with Crippen LogP contribution >= 0.6 is 0 Å². The number of hydrogen-bond donors (Lipinski definition) is 1. The highest BCUT2D eigenvalue weighted by molar-refractivity contribution is 5.44. The second-order valence-electron chi connectivity index (χ2n) is 4.50. The predicted molar refractivity (Wildman–Crippen MR) is 73.3 cm³/mol. The summed E-state index contributed by atoms with van der Waals surface area (Å²) in [6.07, 6.45) is 0. The van der Waals surface area contributed by atoms with E-state index in [4.69, 9.17) is 0 Å². The van der Waals surface area contributed by atoms with Crippen molar-refractivity contribution >= 4 is 5.69 Å². The van der Waals surface area contributed by atoms with Gasteiger partial charge in [-0.2, -0.15) is 0 Å². The van der Waals surface area contributed by atoms with Crippen LogP contribution < -0.4 is 5.32 Å². The lowest BCUT2D eigenvalue weighted by molar-refractivity contribution is 0.628. The Kier molecular flexibility index (Phi) is 3.70. The van der Waals surface area contributed by atoms with Gasteiger partial charge in [-0.3, -0.25) is 0 Å². The molecule has 0 fully saturated rings. The SMILES string of the molecule is CCn1c(C)cc(CNc2ccc(F)cc2)c1C. The molecule has 2 rings (SSSR count). The van der Waals surface area contributed by atoms with Crippen LogP contribution in [0.2, 0.25) is 0 Å². The normalized spacial score (nSPS) is 10.7. The van der Waals surface area contributed by atoms with Crippen LogP contribution in [0.25, 0.3) is 0 Å². The third-order valence-electron chi connectivity index (χ3n) is 3.32. The van der Waals surface area contributed by atoms with Gasteiger partial charge in [0.2, 0.25) is 0 Å². The second-order valence-corrected chi connectivity index (χ2v) is 4.50. The van der Waals surface area contributed by atoms with Gasteiger partial charge in [-0.05, 0) is 56.7 Å². The molecule has 2 nitrogen and oxygen atoms in total. The number of benzene rings is 1. The fraction of sp³-hybridized carbons (Fsp3) is 0.333. The van der Waals surface area contributed by atoms with Crippen molar-refractivity contribution in [2.24, 2.45) is 0 Å². The molecule has 3 heteroatoms. The van der Waals surface area contributed by atoms with Gasteiger partial charge in [0.1, 0.15) is 5.82 Å². The molecule has 1 aromatic heterocycles. The van der Waals surface area contributed by atoms with Crippen LogP contribution in [0.15, 0.2) is 30.3 Å². The largest absolute Gasteiger partial charge is 0.381 e. The molecule has 0 saturated carbocycles. The average molecular weight is 246 g/mol. The molecule has 0 bridgehead atoms. The smallest absolute Gasteiger partial charge is 0.123 e. The summed E-state index contributed by atoms with van der Waals surface area (Å²) in [5.74, 6) is -0.204. The molecule has 0 aliphatic carbocycles. The van der Waals surface area contributed by atoms with Gasteiger partial charge in [0.25, 0.3) is 0 Å². The quantitative estimate of drug-likeness (QED) is 0.866. The van der Waals surface area contributed by atoms with Gasteiger partial charge in [-0.1, -0.05) is 0 Å². The first-order valence-corrected chi connectivity index (χ1v) is 6.27. The summed E-state index contributed by atoms with van der Waals surface area (Å²) >= 11 is 0. The Labute approximate surface area is 107 Å². The maximum Gasteiger partial charge on any atom is 0.123 e. The van der Waals surface area contributed by atoms with Crippen LogP contribution in [0.1, 0.15) is 23.9 Å². The lowest BCUT2D eigenvalue weighted by Gasteiger charge is -2.08. The topological polar surface area (TPSA) is 17.0 Å². The molecule has 96 valence electrons. The highest BCUT2D eigenvalue weighted by Gasteiger charge is 2.07. The molecule has 1 N–H and O–H groups in total. The Bertz CT molecular complexity index is 526. The molecule has 1 heterocycles. The minimum atomic E-state index is -0.204. The standard InChI is InChI=1S/C15H19FN2/c1-4-18-11(2)9-13(12(18)3)10-17-15-7-5-14(16)6-8-15/h5-9,17H,4,10H2,1-3H3. The van der Waals surface area contributed by atoms with Gasteiger partial charge in [-0.15, -0.1) is 0 Å². The van der Waals surface area contributed by atoms with Gasteiger partial charge in [-0.25, -0.2) is 4.39 Å². The molecule has 0 amide bonds. The van der Waals surface area contributed by atoms with Gasteiger partial charge < -0.3 is 9.88 Å². The van der Waals surface area contributed by atoms with Crippen molar-refractivity contribution in [3.8, 4) is 0 Å². The van der Waals surface area contributed by atoms with Gasteiger partial charge in [0.15, 0.2) is 0 Å². The van der Waals surface area contributed by atoms with E-state index >= 15 is 0 Å². The van der Waals surface area contributed by atoms with E-state index in [0.29, 0.717) is 0 Å². The summed E-state index contributed by atoms with van der Waals surface area (Å²) in [5, 5.41) is 3.31. The molecule has 0 aliphatic heterocycles. The molecular formula is C15H19FN2. The van der Waals surface area contributed by atoms with Crippen LogP contribution in [0, 0.1) is 19.7 Å². The zero-order chi connectivity index (χ0) is 13.1. The van der Waals surface area contributed by atoms with E-state index in [2.05, 4.69) is 36.7 Å². The predicted octanol–water partition coefficient (Wildman–Crippen LogP) is 3.88. The monoisotopic (exact) mass is 246 g/mol. The number of rotatable bonds is 4. The number of nitrogens with zero attached hydrogens (tertiary/aromatic N) is 1. The van der Waals surface area contributed by atoms with Crippen LogP contribution in [-0.2, 0) is 13.1 Å². The first kappa shape index (κ1) is 12.7. The molecule has 0 unspecified atom stereocenters. The van der Waals surface area contributed by atoms with E-state index in [0.717, 1.165) is 18.8 Å². The maximum absolute atomic E-state index is 12.8. The Morgan fingerprint density at radius 3 is 2.39 bits per heavy atom. The Hall–Kier alpha value is -1.77. The molecule has 0 spiro atoms. The number of aryl methyl sites for hydroxylation is 1. The summed E-state index contributed by atoms with van der Waals surface area (Å²) in [6, 6.07) is 8.66. The van der Waals surface area contributed by atoms with E-state index in [1.165, 1.54) is 29.1 Å². The molecule has 0 saturated heterocycles. The second kappa shape index (κ2) is 5.25. The van der Waals surface area contributed by atoms with Gasteiger partial charge >= 0.3 is 0 Å². The van der Waals surface area contributed by atoms with Crippen molar-refractivity contribution in [3.63, 3.8) is 0 Å². The Morgan fingerprint density at radius 1 is 1.17 bits per heavy atom. The number of anilines is 1. The molecule has 2 aromatic rings. The highest BCUT2D eigenvalue weighted by atomic mass is 19.1. The van der Waals surface area contributed by atoms with Gasteiger partial charge in [0, 0.05) is 30.2 Å². The highest BCUT2D eigenvalue weighted by Crippen LogP contribution is 2.17. The number of halogens is 1. The fourth-order valence-electron chi connectivity index (χ4n) is 2.30. The molecular weight excluding hydrogens is 227 g/mol. The van der Waals surface area contributed by atoms with Crippen LogP contribution in [0.5, 0.6) is 0 Å². The third kappa shape index (κ3) is 2.55. The summed E-state index contributed by atoms with van der Waals surface area (Å²) in [7, 11) is 0. The third-order valence-corrected chi connectivity index (χ3v) is 3.32. The first-order valence-electron chi connectivity index (χ1n) is 6.27. The van der Waals surface area contributed by atoms with E-state index in [9.17, 15) is 4.39 Å². The zero-order valence-electron chi connectivity index (χ0n) is 11.1. The lowest BCUT2D eigenvalue weighted by Crippen LogP contribution is -2.03. The number of aromatic nitrogens is 1. The van der Waals surface area contributed by atoms with Crippen molar-refractivity contribution < 1.29 is 4.39 Å². The fourth-order valence-corrected chi connectivity index (χ4v) is 2.30. The van der Waals surface area contributed by atoms with Crippen LogP contribution in [0.4, 0.5) is 10.1 Å². The van der Waals surface area contributed by atoms with Crippen molar-refractivity contribution in [3.05, 3.63) is 53.1 Å². The summed E-state index contributed by atoms with van der Waals surface area (Å²) < 4.78 is 15.1. The lowest BCUT2D eigenvalue weighted by atomic mass is 10.2. The van der Waals surface area contributed by atoms with E-state index < -0.39 is 0 Å². The van der Waals surface area contributed by atoms with Gasteiger partial charge in [0.05, 0.1) is 0 Å². The van der Waals surface area contributed by atoms with Crippen molar-refractivity contribution in [2.75, 3.05) is 5.32 Å². The Morgan fingerprint density at radius 2 is 1.83 bits per heavy atom.